The van der Waals surface area contributed by atoms with Crippen molar-refractivity contribution in [2.45, 2.75) is 33.9 Å². The van der Waals surface area contributed by atoms with Gasteiger partial charge in [-0.2, -0.15) is 0 Å². The molecular weight excluding hydrogens is 518 g/mol. The minimum atomic E-state index is -3.41. The molecule has 0 aliphatic heterocycles. The van der Waals surface area contributed by atoms with Crippen LogP contribution in [0.1, 0.15) is 43.6 Å². The molecule has 0 spiro atoms. The number of hydrogen-bond acceptors (Lipinski definition) is 6. The van der Waals surface area contributed by atoms with Gasteiger partial charge in [0, 0.05) is 5.56 Å². The molecule has 38 heavy (non-hydrogen) atoms. The highest BCUT2D eigenvalue weighted by Crippen LogP contribution is 2.53. The topological polar surface area (TPSA) is 71.1 Å². The van der Waals surface area contributed by atoms with Gasteiger partial charge < -0.3 is 18.1 Å². The van der Waals surface area contributed by atoms with Crippen LogP contribution < -0.4 is 0 Å². The smallest absolute Gasteiger partial charge is 0.329 e. The Morgan fingerprint density at radius 3 is 1.95 bits per heavy atom. The third-order valence-electron chi connectivity index (χ3n) is 6.09. The molecule has 0 heterocycles. The van der Waals surface area contributed by atoms with Gasteiger partial charge in [-0.25, -0.2) is 0 Å². The highest BCUT2D eigenvalue weighted by molar-refractivity contribution is 7.66. The van der Waals surface area contributed by atoms with Crippen molar-refractivity contribution >= 4 is 43.0 Å². The average molecular weight is 553 g/mol. The first kappa shape index (κ1) is 28.6. The van der Waals surface area contributed by atoms with Crippen LogP contribution in [0, 0.1) is 0 Å². The number of carbonyl (C=O) groups excluding carboxylic acids is 1. The van der Waals surface area contributed by atoms with Crippen LogP contribution in [-0.2, 0) is 28.8 Å². The lowest BCUT2D eigenvalue weighted by Crippen LogP contribution is -2.05. The maximum Gasteiger partial charge on any atom is 0.335 e. The molecule has 0 aliphatic rings. The van der Waals surface area contributed by atoms with Gasteiger partial charge in [0.1, 0.15) is 0 Å². The number of benzene rings is 4. The van der Waals surface area contributed by atoms with Gasteiger partial charge in [-0.05, 0) is 78.1 Å². The third-order valence-corrected chi connectivity index (χ3v) is 9.70. The zero-order valence-electron chi connectivity index (χ0n) is 22.3. The maximum absolute atomic E-state index is 13.6. The van der Waals surface area contributed by atoms with Crippen LogP contribution >= 0.6 is 16.0 Å². The van der Waals surface area contributed by atoms with Crippen molar-refractivity contribution in [1.82, 2.24) is 0 Å². The Morgan fingerprint density at radius 2 is 1.32 bits per heavy atom. The van der Waals surface area contributed by atoms with Crippen molar-refractivity contribution in [1.29, 1.82) is 0 Å². The van der Waals surface area contributed by atoms with Crippen molar-refractivity contribution in [3.8, 4) is 11.1 Å². The molecule has 0 aliphatic carbocycles. The molecule has 4 aromatic rings. The first-order valence-corrected chi connectivity index (χ1v) is 15.9. The molecule has 0 unspecified atom stereocenters. The second-order valence-electron chi connectivity index (χ2n) is 8.57. The largest absolute Gasteiger partial charge is 0.335 e. The summed E-state index contributed by atoms with van der Waals surface area (Å²) in [4.78, 5) is 13.5. The molecule has 0 saturated carbocycles. The lowest BCUT2D eigenvalue weighted by atomic mass is 9.90. The minimum Gasteiger partial charge on any atom is -0.329 e. The quantitative estimate of drug-likeness (QED) is 0.122. The lowest BCUT2D eigenvalue weighted by molar-refractivity contribution is 0.104. The molecule has 0 amide bonds. The van der Waals surface area contributed by atoms with Gasteiger partial charge in [-0.1, -0.05) is 60.7 Å². The van der Waals surface area contributed by atoms with Gasteiger partial charge in [0.05, 0.1) is 32.6 Å². The highest BCUT2D eigenvalue weighted by atomic mass is 31.2. The summed E-state index contributed by atoms with van der Waals surface area (Å²) in [5, 5.41) is 4.36. The van der Waals surface area contributed by atoms with Gasteiger partial charge in [0.25, 0.3) is 0 Å². The van der Waals surface area contributed by atoms with Crippen LogP contribution in [-0.4, -0.2) is 32.0 Å². The molecule has 0 aromatic heterocycles. The zero-order valence-corrected chi connectivity index (χ0v) is 24.1. The number of hydrogen-bond donors (Lipinski definition) is 0. The molecule has 0 saturated heterocycles. The Hall–Kier alpha value is -2.43. The van der Waals surface area contributed by atoms with Gasteiger partial charge in [0.15, 0.2) is 0 Å². The van der Waals surface area contributed by atoms with E-state index in [0.717, 1.165) is 38.2 Å². The maximum atomic E-state index is 13.6. The van der Waals surface area contributed by atoms with Crippen molar-refractivity contribution in [2.75, 3.05) is 26.4 Å². The van der Waals surface area contributed by atoms with E-state index >= 15 is 0 Å². The van der Waals surface area contributed by atoms with Crippen molar-refractivity contribution < 1.29 is 27.5 Å². The minimum absolute atomic E-state index is 0.0886. The highest BCUT2D eigenvalue weighted by Gasteiger charge is 2.28. The Labute approximate surface area is 225 Å². The summed E-state index contributed by atoms with van der Waals surface area (Å²) in [6.45, 7) is 8.59. The third kappa shape index (κ3) is 6.24. The second-order valence-corrected chi connectivity index (χ2v) is 12.1. The molecule has 0 radical (unpaired) electrons. The molecule has 200 valence electrons. The summed E-state index contributed by atoms with van der Waals surface area (Å²) >= 11 is 0. The summed E-state index contributed by atoms with van der Waals surface area (Å²) in [7, 11) is -5.14. The lowest BCUT2D eigenvalue weighted by Gasteiger charge is -2.21. The molecule has 8 heteroatoms. The summed E-state index contributed by atoms with van der Waals surface area (Å²) in [5.74, 6) is 0. The van der Waals surface area contributed by atoms with Gasteiger partial charge in [-0.3, -0.25) is 9.36 Å². The van der Waals surface area contributed by atoms with E-state index in [1.54, 1.807) is 19.9 Å². The first-order chi connectivity index (χ1) is 18.4. The fourth-order valence-electron chi connectivity index (χ4n) is 4.60. The van der Waals surface area contributed by atoms with E-state index in [2.05, 4.69) is 30.3 Å². The Balaban J connectivity index is 1.96. The molecular formula is C30H34O6P2. The predicted molar refractivity (Wildman–Crippen MR) is 156 cm³/mol. The van der Waals surface area contributed by atoms with E-state index in [9.17, 15) is 9.36 Å². The second kappa shape index (κ2) is 13.1. The van der Waals surface area contributed by atoms with Crippen molar-refractivity contribution in [3.63, 3.8) is 0 Å². The SMILES string of the molecule is CCOP(OCC)C(=O)c1ccc(CP(=O)(OCC)OCC)c(-c2cc3ccccc3c3ccccc23)c1. The van der Waals surface area contributed by atoms with Gasteiger partial charge in [0.2, 0.25) is 13.9 Å². The number of fused-ring (bicyclic) bond motifs is 3. The Bertz CT molecular complexity index is 1450. The van der Waals surface area contributed by atoms with E-state index in [4.69, 9.17) is 18.1 Å². The standard InChI is InChI=1S/C30H34O6P2/c1-5-33-37(34-6-2)30(31)23-17-18-24(21-38(32,35-7-3)36-8-4)28(20-23)29-19-22-13-9-10-14-25(22)26-15-11-12-16-27(26)29/h9-20H,5-8,21H2,1-4H3. The molecule has 6 nitrogen and oxygen atoms in total. The fourth-order valence-corrected chi connectivity index (χ4v) is 7.47. The molecule has 0 bridgehead atoms. The molecule has 0 fully saturated rings. The predicted octanol–water partition coefficient (Wildman–Crippen LogP) is 8.95. The monoisotopic (exact) mass is 552 g/mol. The fraction of sp³-hybridized carbons (Fsp3) is 0.300. The number of rotatable bonds is 13. The van der Waals surface area contributed by atoms with E-state index in [1.165, 1.54) is 0 Å². The summed E-state index contributed by atoms with van der Waals surface area (Å²) < 4.78 is 36.2. The van der Waals surface area contributed by atoms with Crippen LogP contribution in [0.25, 0.3) is 32.7 Å². The van der Waals surface area contributed by atoms with Crippen LogP contribution in [0.15, 0.2) is 72.8 Å². The normalized spacial score (nSPS) is 12.0. The van der Waals surface area contributed by atoms with E-state index in [-0.39, 0.29) is 24.9 Å². The van der Waals surface area contributed by atoms with E-state index in [0.29, 0.717) is 18.8 Å². The van der Waals surface area contributed by atoms with Crippen molar-refractivity contribution in [3.05, 3.63) is 83.9 Å². The average Bonchev–Trinajstić information content (AvgIpc) is 2.92. The van der Waals surface area contributed by atoms with Crippen LogP contribution in [0.4, 0.5) is 0 Å². The Kier molecular flexibility index (Phi) is 9.84. The molecule has 0 atom stereocenters. The van der Waals surface area contributed by atoms with Crippen LogP contribution in [0.5, 0.6) is 0 Å². The molecule has 4 aromatic carbocycles. The summed E-state index contributed by atoms with van der Waals surface area (Å²) in [6.07, 6.45) is 0.0886. The molecule has 0 N–H and O–H groups in total. The summed E-state index contributed by atoms with van der Waals surface area (Å²) in [5.41, 5.74) is 2.82. The van der Waals surface area contributed by atoms with E-state index in [1.807, 2.05) is 50.2 Å². The van der Waals surface area contributed by atoms with Gasteiger partial charge >= 0.3 is 7.60 Å². The van der Waals surface area contributed by atoms with Gasteiger partial charge in [-0.15, -0.1) is 0 Å². The zero-order chi connectivity index (χ0) is 27.1. The van der Waals surface area contributed by atoms with Crippen LogP contribution in [0.2, 0.25) is 0 Å². The molecule has 4 rings (SSSR count). The van der Waals surface area contributed by atoms with E-state index < -0.39 is 16.0 Å². The summed E-state index contributed by atoms with van der Waals surface area (Å²) in [6, 6.07) is 24.0. The Morgan fingerprint density at radius 1 is 0.711 bits per heavy atom. The van der Waals surface area contributed by atoms with Crippen molar-refractivity contribution in [2.24, 2.45) is 0 Å². The first-order valence-electron chi connectivity index (χ1n) is 13.0. The van der Waals surface area contributed by atoms with Crippen LogP contribution in [0.3, 0.4) is 0 Å². The number of carbonyl (C=O) groups is 1.